The Morgan fingerprint density at radius 2 is 1.59 bits per heavy atom. The Morgan fingerprint density at radius 1 is 0.923 bits per heavy atom. The van der Waals surface area contributed by atoms with Gasteiger partial charge in [-0.1, -0.05) is 54.6 Å². The van der Waals surface area contributed by atoms with E-state index in [0.29, 0.717) is 29.3 Å². The molecule has 200 valence electrons. The van der Waals surface area contributed by atoms with Crippen LogP contribution in [0.1, 0.15) is 36.1 Å². The Labute approximate surface area is 233 Å². The molecular weight excluding hydrogens is 511 g/mol. The highest BCUT2D eigenvalue weighted by Crippen LogP contribution is 2.44. The molecule has 7 heteroatoms. The minimum Gasteiger partial charge on any atom is -0.507 e. The van der Waals surface area contributed by atoms with Crippen molar-refractivity contribution in [3.63, 3.8) is 0 Å². The van der Waals surface area contributed by atoms with Gasteiger partial charge in [0.05, 0.1) is 25.3 Å². The Bertz CT molecular complexity index is 1430. The molecule has 0 amide bonds. The number of aliphatic hydroxyl groups excluding tert-OH is 1. The molecular formula is C32H31FN2O3S. The number of rotatable bonds is 8. The summed E-state index contributed by atoms with van der Waals surface area (Å²) in [5.41, 5.74) is 4.52. The predicted molar refractivity (Wildman–Crippen MR) is 156 cm³/mol. The molecule has 1 aliphatic heterocycles. The monoisotopic (exact) mass is 542 g/mol. The molecule has 0 aromatic heterocycles. The number of hydrogen-bond acceptors (Lipinski definition) is 4. The van der Waals surface area contributed by atoms with Crippen LogP contribution in [0.3, 0.4) is 0 Å². The Kier molecular flexibility index (Phi) is 7.82. The predicted octanol–water partition coefficient (Wildman–Crippen LogP) is 6.87. The molecule has 1 saturated heterocycles. The summed E-state index contributed by atoms with van der Waals surface area (Å²) in [6.07, 6.45) is 0.276. The number of ether oxygens (including phenoxy) is 1. The summed E-state index contributed by atoms with van der Waals surface area (Å²) < 4.78 is 18.7. The van der Waals surface area contributed by atoms with E-state index in [2.05, 4.69) is 29.2 Å². The summed E-state index contributed by atoms with van der Waals surface area (Å²) in [7, 11) is 3.51. The molecule has 0 saturated carbocycles. The van der Waals surface area contributed by atoms with Gasteiger partial charge in [-0.25, -0.2) is 4.39 Å². The molecule has 2 N–H and O–H groups in total. The third-order valence-corrected chi connectivity index (χ3v) is 7.93. The van der Waals surface area contributed by atoms with Gasteiger partial charge in [-0.15, -0.1) is 0 Å². The average molecular weight is 543 g/mol. The van der Waals surface area contributed by atoms with Gasteiger partial charge in [-0.3, -0.25) is 0 Å². The van der Waals surface area contributed by atoms with E-state index in [1.54, 1.807) is 25.3 Å². The van der Waals surface area contributed by atoms with Crippen LogP contribution in [0.5, 0.6) is 11.5 Å². The highest BCUT2D eigenvalue weighted by atomic mass is 32.1. The first-order valence-electron chi connectivity index (χ1n) is 12.9. The fourth-order valence-electron chi connectivity index (χ4n) is 5.31. The zero-order chi connectivity index (χ0) is 27.5. The molecule has 0 unspecified atom stereocenters. The number of likely N-dealkylation sites (N-methyl/N-ethyl adjacent to an activating group) is 1. The Balaban J connectivity index is 1.48. The molecule has 0 radical (unpaired) electrons. The highest BCUT2D eigenvalue weighted by molar-refractivity contribution is 7.80. The van der Waals surface area contributed by atoms with Crippen LogP contribution < -0.4 is 9.64 Å². The molecule has 1 aliphatic rings. The first kappa shape index (κ1) is 26.7. The third-order valence-electron chi connectivity index (χ3n) is 7.45. The van der Waals surface area contributed by atoms with E-state index in [4.69, 9.17) is 17.0 Å². The second-order valence-corrected chi connectivity index (χ2v) is 10.1. The summed E-state index contributed by atoms with van der Waals surface area (Å²) in [6.45, 7) is 0. The number of aliphatic hydroxyl groups is 1. The van der Waals surface area contributed by atoms with Crippen LogP contribution in [0.15, 0.2) is 97.1 Å². The molecule has 4 aromatic carbocycles. The zero-order valence-corrected chi connectivity index (χ0v) is 22.7. The van der Waals surface area contributed by atoms with Crippen molar-refractivity contribution in [3.05, 3.63) is 114 Å². The topological polar surface area (TPSA) is 56.2 Å². The van der Waals surface area contributed by atoms with Crippen molar-refractivity contribution >= 4 is 23.0 Å². The molecule has 4 aromatic rings. The van der Waals surface area contributed by atoms with Crippen molar-refractivity contribution in [2.45, 2.75) is 31.0 Å². The number of benzene rings is 4. The zero-order valence-electron chi connectivity index (χ0n) is 21.9. The van der Waals surface area contributed by atoms with Gasteiger partial charge in [0.1, 0.15) is 17.3 Å². The SMILES string of the molecule is COc1ccc([C@@H]2[C@H](CC[C@H](O)c3ccc(F)cc3)N(C)C(=S)N2c2ccc(-c3ccccc3)cc2)c(O)c1. The first-order chi connectivity index (χ1) is 18.9. The van der Waals surface area contributed by atoms with Crippen LogP contribution >= 0.6 is 12.2 Å². The van der Waals surface area contributed by atoms with Crippen molar-refractivity contribution in [2.75, 3.05) is 19.1 Å². The van der Waals surface area contributed by atoms with Crippen molar-refractivity contribution < 1.29 is 19.3 Å². The van der Waals surface area contributed by atoms with Gasteiger partial charge in [-0.2, -0.15) is 0 Å². The largest absolute Gasteiger partial charge is 0.507 e. The Morgan fingerprint density at radius 3 is 2.23 bits per heavy atom. The second-order valence-electron chi connectivity index (χ2n) is 9.76. The van der Waals surface area contributed by atoms with Gasteiger partial charge < -0.3 is 24.7 Å². The summed E-state index contributed by atoms with van der Waals surface area (Å²) in [5.74, 6) is 0.343. The number of halogens is 1. The maximum Gasteiger partial charge on any atom is 0.176 e. The number of anilines is 1. The van der Waals surface area contributed by atoms with Crippen molar-refractivity contribution in [3.8, 4) is 22.6 Å². The van der Waals surface area contributed by atoms with Crippen LogP contribution in [-0.4, -0.2) is 40.4 Å². The number of phenolic OH excluding ortho intramolecular Hbond substituents is 1. The van der Waals surface area contributed by atoms with Crippen molar-refractivity contribution in [1.29, 1.82) is 0 Å². The van der Waals surface area contributed by atoms with Gasteiger partial charge in [0.2, 0.25) is 0 Å². The molecule has 5 rings (SSSR count). The third kappa shape index (κ3) is 5.46. The summed E-state index contributed by atoms with van der Waals surface area (Å²) in [4.78, 5) is 4.10. The van der Waals surface area contributed by atoms with E-state index in [1.807, 2.05) is 54.4 Å². The molecule has 1 heterocycles. The molecule has 3 atom stereocenters. The van der Waals surface area contributed by atoms with Gasteiger partial charge in [0.15, 0.2) is 5.11 Å². The molecule has 0 bridgehead atoms. The Hall–Kier alpha value is -3.94. The second kappa shape index (κ2) is 11.4. The number of phenols is 1. The summed E-state index contributed by atoms with van der Waals surface area (Å²) >= 11 is 5.95. The smallest absolute Gasteiger partial charge is 0.176 e. The maximum absolute atomic E-state index is 13.4. The lowest BCUT2D eigenvalue weighted by Gasteiger charge is -2.30. The van der Waals surface area contributed by atoms with E-state index in [0.717, 1.165) is 22.4 Å². The van der Waals surface area contributed by atoms with Gasteiger partial charge >= 0.3 is 0 Å². The quantitative estimate of drug-likeness (QED) is 0.237. The highest BCUT2D eigenvalue weighted by Gasteiger charge is 2.44. The number of thiocarbonyl (C=S) groups is 1. The number of hydrogen-bond donors (Lipinski definition) is 2. The van der Waals surface area contributed by atoms with Crippen LogP contribution in [0.4, 0.5) is 10.1 Å². The minimum absolute atomic E-state index is 0.118. The molecule has 1 fully saturated rings. The lowest BCUT2D eigenvalue weighted by Crippen LogP contribution is -2.31. The van der Waals surface area contributed by atoms with E-state index >= 15 is 0 Å². The van der Waals surface area contributed by atoms with Crippen LogP contribution in [0, 0.1) is 5.82 Å². The number of nitrogens with zero attached hydrogens (tertiary/aromatic N) is 2. The molecule has 0 aliphatic carbocycles. The number of methoxy groups -OCH3 is 1. The minimum atomic E-state index is -0.753. The molecule has 39 heavy (non-hydrogen) atoms. The standard InChI is InChI=1S/C32H31FN2O3S/c1-34-28(18-19-29(36)23-8-12-24(33)13-9-23)31(27-17-16-26(38-2)20-30(27)37)35(32(34)39)25-14-10-22(11-15-25)21-6-4-3-5-7-21/h3-17,20,28-29,31,36-37H,18-19H2,1-2H3/t28-,29-,31+/m0/s1. The van der Waals surface area contributed by atoms with Gasteiger partial charge in [-0.05, 0) is 78.1 Å². The summed E-state index contributed by atoms with van der Waals surface area (Å²) in [6, 6.07) is 29.2. The fourth-order valence-corrected chi connectivity index (χ4v) is 5.66. The first-order valence-corrected chi connectivity index (χ1v) is 13.3. The maximum atomic E-state index is 13.4. The summed E-state index contributed by atoms with van der Waals surface area (Å²) in [5, 5.41) is 22.6. The van der Waals surface area contributed by atoms with Gasteiger partial charge in [0, 0.05) is 24.4 Å². The fraction of sp³-hybridized carbons (Fsp3) is 0.219. The average Bonchev–Trinajstić information content (AvgIpc) is 3.21. The van der Waals surface area contributed by atoms with Crippen LogP contribution in [0.2, 0.25) is 0 Å². The lowest BCUT2D eigenvalue weighted by atomic mass is 9.92. The normalized spacial score (nSPS) is 17.9. The van der Waals surface area contributed by atoms with Gasteiger partial charge in [0.25, 0.3) is 0 Å². The molecule has 5 nitrogen and oxygen atoms in total. The number of aromatic hydroxyl groups is 1. The van der Waals surface area contributed by atoms with Crippen LogP contribution in [-0.2, 0) is 0 Å². The van der Waals surface area contributed by atoms with Crippen molar-refractivity contribution in [1.82, 2.24) is 4.90 Å². The molecule has 0 spiro atoms. The lowest BCUT2D eigenvalue weighted by molar-refractivity contribution is 0.152. The van der Waals surface area contributed by atoms with Crippen molar-refractivity contribution in [2.24, 2.45) is 0 Å². The van der Waals surface area contributed by atoms with E-state index in [-0.39, 0.29) is 23.7 Å². The van der Waals surface area contributed by atoms with E-state index in [1.165, 1.54) is 12.1 Å². The van der Waals surface area contributed by atoms with E-state index < -0.39 is 6.10 Å². The van der Waals surface area contributed by atoms with Crippen LogP contribution in [0.25, 0.3) is 11.1 Å². The van der Waals surface area contributed by atoms with E-state index in [9.17, 15) is 14.6 Å².